The summed E-state index contributed by atoms with van der Waals surface area (Å²) < 4.78 is 0. The summed E-state index contributed by atoms with van der Waals surface area (Å²) in [5.41, 5.74) is 5.91. The summed E-state index contributed by atoms with van der Waals surface area (Å²) in [7, 11) is 1.84. The van der Waals surface area contributed by atoms with Crippen molar-refractivity contribution < 1.29 is 0 Å². The van der Waals surface area contributed by atoms with E-state index in [1.165, 1.54) is 32.1 Å². The van der Waals surface area contributed by atoms with E-state index in [1.807, 2.05) is 19.3 Å². The van der Waals surface area contributed by atoms with E-state index in [2.05, 4.69) is 20.5 Å². The first-order chi connectivity index (χ1) is 9.81. The summed E-state index contributed by atoms with van der Waals surface area (Å²) in [5, 5.41) is 6.28. The van der Waals surface area contributed by atoms with Gasteiger partial charge in [-0.3, -0.25) is 0 Å². The highest BCUT2D eigenvalue weighted by Gasteiger charge is 2.24. The average Bonchev–Trinajstić information content (AvgIpc) is 2.95. The Kier molecular flexibility index (Phi) is 3.92. The zero-order valence-corrected chi connectivity index (χ0v) is 12.4. The van der Waals surface area contributed by atoms with Crippen molar-refractivity contribution in [2.75, 3.05) is 7.05 Å². The first kappa shape index (κ1) is 13.4. The third kappa shape index (κ3) is 2.40. The minimum absolute atomic E-state index is 0.481. The van der Waals surface area contributed by atoms with Crippen LogP contribution in [0.1, 0.15) is 37.7 Å². The zero-order chi connectivity index (χ0) is 13.9. The van der Waals surface area contributed by atoms with Crippen LogP contribution in [-0.2, 0) is 0 Å². The van der Waals surface area contributed by atoms with Crippen LogP contribution in [0.4, 0.5) is 0 Å². The van der Waals surface area contributed by atoms with Crippen LogP contribution in [0.5, 0.6) is 0 Å². The molecule has 0 aliphatic heterocycles. The number of aromatic amines is 1. The molecule has 0 aromatic carbocycles. The quantitative estimate of drug-likeness (QED) is 0.668. The molecular formula is C15H19ClN4. The van der Waals surface area contributed by atoms with Gasteiger partial charge in [0.15, 0.2) is 0 Å². The predicted molar refractivity (Wildman–Crippen MR) is 83.3 cm³/mol. The van der Waals surface area contributed by atoms with Gasteiger partial charge in [-0.1, -0.05) is 30.9 Å². The molecular weight excluding hydrogens is 272 g/mol. The second-order valence-corrected chi connectivity index (χ2v) is 5.68. The van der Waals surface area contributed by atoms with Gasteiger partial charge in [0.25, 0.3) is 0 Å². The molecule has 1 saturated carbocycles. The van der Waals surface area contributed by atoms with Gasteiger partial charge in [-0.05, 0) is 18.9 Å². The van der Waals surface area contributed by atoms with E-state index in [0.29, 0.717) is 10.9 Å². The molecule has 2 N–H and O–H groups in total. The summed E-state index contributed by atoms with van der Waals surface area (Å²) in [5.74, 6) is 0.481. The lowest BCUT2D eigenvalue weighted by Gasteiger charge is -2.24. The molecule has 2 aromatic rings. The lowest BCUT2D eigenvalue weighted by atomic mass is 9.83. The Morgan fingerprint density at radius 1 is 1.40 bits per heavy atom. The molecule has 2 heterocycles. The van der Waals surface area contributed by atoms with Gasteiger partial charge in [-0.2, -0.15) is 5.10 Å². The van der Waals surface area contributed by atoms with Gasteiger partial charge in [0.1, 0.15) is 5.65 Å². The predicted octanol–water partition coefficient (Wildman–Crippen LogP) is 3.72. The summed E-state index contributed by atoms with van der Waals surface area (Å²) in [4.78, 5) is 7.47. The number of nitrogens with zero attached hydrogens (tertiary/aromatic N) is 2. The summed E-state index contributed by atoms with van der Waals surface area (Å²) in [6.45, 7) is 0. The van der Waals surface area contributed by atoms with Crippen molar-refractivity contribution in [1.29, 1.82) is 0 Å². The fraction of sp³-hybridized carbons (Fsp3) is 0.467. The number of fused-ring (bicyclic) bond motifs is 1. The van der Waals surface area contributed by atoms with Crippen LogP contribution in [0.25, 0.3) is 11.0 Å². The third-order valence-corrected chi connectivity index (χ3v) is 4.31. The number of rotatable bonds is 3. The lowest BCUT2D eigenvalue weighted by molar-refractivity contribution is 0.438. The Bertz CT molecular complexity index is 626. The fourth-order valence-electron chi connectivity index (χ4n) is 3.09. The molecule has 1 aliphatic carbocycles. The number of nitrogens with one attached hydrogen (secondary N) is 2. The number of H-pyrrole nitrogens is 1. The van der Waals surface area contributed by atoms with E-state index in [-0.39, 0.29) is 0 Å². The molecule has 4 nitrogen and oxygen atoms in total. The molecule has 2 aromatic heterocycles. The molecule has 106 valence electrons. The molecule has 0 unspecified atom stereocenters. The monoisotopic (exact) mass is 290 g/mol. The number of hydrogen-bond acceptors (Lipinski definition) is 3. The molecule has 5 heteroatoms. The van der Waals surface area contributed by atoms with Crippen LogP contribution in [0.3, 0.4) is 0 Å². The van der Waals surface area contributed by atoms with E-state index in [1.54, 1.807) is 6.20 Å². The van der Waals surface area contributed by atoms with Gasteiger partial charge in [-0.15, -0.1) is 0 Å². The molecule has 0 bridgehead atoms. The minimum Gasteiger partial charge on any atom is -0.346 e. The highest BCUT2D eigenvalue weighted by atomic mass is 35.5. The van der Waals surface area contributed by atoms with Crippen molar-refractivity contribution in [1.82, 2.24) is 15.4 Å². The van der Waals surface area contributed by atoms with Crippen LogP contribution in [0.15, 0.2) is 23.6 Å². The second kappa shape index (κ2) is 5.83. The Morgan fingerprint density at radius 3 is 2.95 bits per heavy atom. The standard InChI is InChI=1S/C15H19ClN4/c1-17-20-14(10-5-3-2-4-6-10)13-11-7-8-18-15(11)19-9-12(13)16/h7-10,17H,2-6H2,1H3,(H,18,19). The van der Waals surface area contributed by atoms with E-state index < -0.39 is 0 Å². The number of pyridine rings is 1. The lowest BCUT2D eigenvalue weighted by Crippen LogP contribution is -2.22. The SMILES string of the molecule is CNN=C(c1c(Cl)cnc2[nH]ccc12)C1CCCCC1. The van der Waals surface area contributed by atoms with Gasteiger partial charge in [0, 0.05) is 36.3 Å². The van der Waals surface area contributed by atoms with Crippen molar-refractivity contribution in [2.45, 2.75) is 32.1 Å². The maximum atomic E-state index is 6.42. The first-order valence-electron chi connectivity index (χ1n) is 7.17. The molecule has 0 atom stereocenters. The molecule has 1 fully saturated rings. The van der Waals surface area contributed by atoms with Crippen LogP contribution >= 0.6 is 11.6 Å². The third-order valence-electron chi connectivity index (χ3n) is 4.02. The summed E-state index contributed by atoms with van der Waals surface area (Å²) >= 11 is 6.42. The largest absolute Gasteiger partial charge is 0.346 e. The van der Waals surface area contributed by atoms with Gasteiger partial charge in [-0.25, -0.2) is 4.98 Å². The van der Waals surface area contributed by atoms with Crippen LogP contribution in [0.2, 0.25) is 5.02 Å². The van der Waals surface area contributed by atoms with Crippen LogP contribution in [-0.4, -0.2) is 22.7 Å². The topological polar surface area (TPSA) is 53.1 Å². The smallest absolute Gasteiger partial charge is 0.137 e. The van der Waals surface area contributed by atoms with E-state index >= 15 is 0 Å². The normalized spacial score (nSPS) is 17.6. The fourth-order valence-corrected chi connectivity index (χ4v) is 3.34. The van der Waals surface area contributed by atoms with Crippen LogP contribution in [0, 0.1) is 5.92 Å². The molecule has 0 radical (unpaired) electrons. The number of aromatic nitrogens is 2. The maximum absolute atomic E-state index is 6.42. The second-order valence-electron chi connectivity index (χ2n) is 5.28. The highest BCUT2D eigenvalue weighted by Crippen LogP contribution is 2.32. The van der Waals surface area contributed by atoms with Crippen molar-refractivity contribution in [3.05, 3.63) is 29.0 Å². The number of hydrogen-bond donors (Lipinski definition) is 2. The zero-order valence-electron chi connectivity index (χ0n) is 11.6. The molecule has 3 rings (SSSR count). The van der Waals surface area contributed by atoms with E-state index in [0.717, 1.165) is 22.3 Å². The number of halogens is 1. The Hall–Kier alpha value is -1.55. The number of hydrazone groups is 1. The average molecular weight is 291 g/mol. The molecule has 20 heavy (non-hydrogen) atoms. The van der Waals surface area contributed by atoms with Crippen molar-refractivity contribution >= 4 is 28.3 Å². The van der Waals surface area contributed by atoms with Gasteiger partial charge < -0.3 is 10.4 Å². The molecule has 0 saturated heterocycles. The maximum Gasteiger partial charge on any atom is 0.137 e. The minimum atomic E-state index is 0.481. The van der Waals surface area contributed by atoms with Crippen molar-refractivity contribution in [3.63, 3.8) is 0 Å². The van der Waals surface area contributed by atoms with E-state index in [4.69, 9.17) is 11.6 Å². The van der Waals surface area contributed by atoms with Gasteiger partial charge >= 0.3 is 0 Å². The Labute approximate surface area is 123 Å². The summed E-state index contributed by atoms with van der Waals surface area (Å²) in [6, 6.07) is 2.03. The highest BCUT2D eigenvalue weighted by molar-refractivity contribution is 6.36. The van der Waals surface area contributed by atoms with Crippen LogP contribution < -0.4 is 5.43 Å². The molecule has 1 aliphatic rings. The Balaban J connectivity index is 2.11. The summed E-state index contributed by atoms with van der Waals surface area (Å²) in [6.07, 6.45) is 9.85. The van der Waals surface area contributed by atoms with E-state index in [9.17, 15) is 0 Å². The van der Waals surface area contributed by atoms with Crippen molar-refractivity contribution in [3.8, 4) is 0 Å². The van der Waals surface area contributed by atoms with Gasteiger partial charge in [0.05, 0.1) is 10.7 Å². The first-order valence-corrected chi connectivity index (χ1v) is 7.55. The molecule has 0 spiro atoms. The van der Waals surface area contributed by atoms with Gasteiger partial charge in [0.2, 0.25) is 0 Å². The van der Waals surface area contributed by atoms with Crippen molar-refractivity contribution in [2.24, 2.45) is 11.0 Å². The Morgan fingerprint density at radius 2 is 2.20 bits per heavy atom. The molecule has 0 amide bonds.